The van der Waals surface area contributed by atoms with E-state index in [-0.39, 0.29) is 27.1 Å². The van der Waals surface area contributed by atoms with Crippen LogP contribution in [0.15, 0.2) is 50.4 Å². The smallest absolute Gasteiger partial charge is 0.404 e. The molecule has 2 aromatic rings. The van der Waals surface area contributed by atoms with Crippen LogP contribution in [0.5, 0.6) is 0 Å². The van der Waals surface area contributed by atoms with E-state index in [0.717, 1.165) is 41.9 Å². The van der Waals surface area contributed by atoms with Gasteiger partial charge in [-0.1, -0.05) is 0 Å². The zero-order valence-corrected chi connectivity index (χ0v) is 18.3. The van der Waals surface area contributed by atoms with Gasteiger partial charge < -0.3 is 10.4 Å². The molecule has 1 aromatic carbocycles. The molecule has 0 saturated heterocycles. The SMILES string of the molecule is CS(=O)(=O)NCCS(=O)(=O)c1ccc(S(=O)(=O)c2ccc(CNC(=O)O)s2)cc1. The lowest BCUT2D eigenvalue weighted by molar-refractivity contribution is 0.194. The Morgan fingerprint density at radius 3 is 2.10 bits per heavy atom. The maximum absolute atomic E-state index is 12.7. The fourth-order valence-electron chi connectivity index (χ4n) is 2.18. The second-order valence-electron chi connectivity index (χ2n) is 5.84. The van der Waals surface area contributed by atoms with Gasteiger partial charge in [0.1, 0.15) is 4.21 Å². The molecule has 0 atom stereocenters. The van der Waals surface area contributed by atoms with Gasteiger partial charge in [-0.05, 0) is 36.4 Å². The minimum atomic E-state index is -3.90. The zero-order chi connectivity index (χ0) is 21.9. The van der Waals surface area contributed by atoms with Gasteiger partial charge in [-0.25, -0.2) is 34.8 Å². The van der Waals surface area contributed by atoms with Crippen molar-refractivity contribution in [1.82, 2.24) is 10.0 Å². The topological polar surface area (TPSA) is 164 Å². The molecule has 0 fully saturated rings. The fraction of sp³-hybridized carbons (Fsp3) is 0.267. The van der Waals surface area contributed by atoms with Crippen molar-refractivity contribution in [2.75, 3.05) is 18.6 Å². The number of carboxylic acid groups (broad SMARTS) is 1. The molecule has 0 spiro atoms. The van der Waals surface area contributed by atoms with Crippen molar-refractivity contribution in [2.24, 2.45) is 0 Å². The molecule has 0 radical (unpaired) electrons. The highest BCUT2D eigenvalue weighted by Gasteiger charge is 2.22. The summed E-state index contributed by atoms with van der Waals surface area (Å²) in [7, 11) is -11.2. The summed E-state index contributed by atoms with van der Waals surface area (Å²) >= 11 is 0.903. The number of hydrogen-bond acceptors (Lipinski definition) is 8. The normalized spacial score (nSPS) is 12.6. The van der Waals surface area contributed by atoms with Crippen molar-refractivity contribution in [3.63, 3.8) is 0 Å². The van der Waals surface area contributed by atoms with Crippen LogP contribution in [0.25, 0.3) is 0 Å². The number of sulfone groups is 2. The van der Waals surface area contributed by atoms with Gasteiger partial charge in [-0.2, -0.15) is 0 Å². The summed E-state index contributed by atoms with van der Waals surface area (Å²) in [4.78, 5) is 10.8. The largest absolute Gasteiger partial charge is 0.465 e. The Morgan fingerprint density at radius 2 is 1.55 bits per heavy atom. The number of hydrogen-bond donors (Lipinski definition) is 3. The molecule has 0 saturated carbocycles. The molecule has 2 rings (SSSR count). The van der Waals surface area contributed by atoms with Crippen molar-refractivity contribution in [2.45, 2.75) is 20.5 Å². The zero-order valence-electron chi connectivity index (χ0n) is 15.0. The minimum absolute atomic E-state index is 0.00681. The molecule has 3 N–H and O–H groups in total. The average molecular weight is 483 g/mol. The molecule has 0 unspecified atom stereocenters. The molecule has 0 aliphatic rings. The molecule has 160 valence electrons. The average Bonchev–Trinajstić information content (AvgIpc) is 3.08. The standard InChI is InChI=1S/C15H18N2O8S4/c1-27(20,21)17-8-9-28(22,23)12-3-5-13(6-4-12)29(24,25)14-7-2-11(26-14)10-16-15(18)19/h2-7,16-17H,8-10H2,1H3,(H,18,19). The first-order valence-corrected chi connectivity index (χ1v) is 13.7. The van der Waals surface area contributed by atoms with Crippen molar-refractivity contribution in [3.05, 3.63) is 41.3 Å². The number of nitrogens with one attached hydrogen (secondary N) is 2. The molecule has 14 heteroatoms. The summed E-state index contributed by atoms with van der Waals surface area (Å²) in [5.41, 5.74) is 0. The van der Waals surface area contributed by atoms with E-state index in [0.29, 0.717) is 4.88 Å². The monoisotopic (exact) mass is 482 g/mol. The van der Waals surface area contributed by atoms with Crippen LogP contribution in [0.4, 0.5) is 4.79 Å². The van der Waals surface area contributed by atoms with E-state index in [2.05, 4.69) is 10.0 Å². The molecule has 0 aliphatic heterocycles. The molecule has 10 nitrogen and oxygen atoms in total. The van der Waals surface area contributed by atoms with E-state index in [1.165, 1.54) is 12.1 Å². The lowest BCUT2D eigenvalue weighted by Crippen LogP contribution is -2.28. The quantitative estimate of drug-likeness (QED) is 0.469. The van der Waals surface area contributed by atoms with Crippen LogP contribution in [0.2, 0.25) is 0 Å². The van der Waals surface area contributed by atoms with Gasteiger partial charge in [0.05, 0.1) is 28.3 Å². The Kier molecular flexibility index (Phi) is 7.06. The van der Waals surface area contributed by atoms with E-state index >= 15 is 0 Å². The Balaban J connectivity index is 2.17. The van der Waals surface area contributed by atoms with Gasteiger partial charge in [-0.15, -0.1) is 11.3 Å². The van der Waals surface area contributed by atoms with E-state index in [9.17, 15) is 30.0 Å². The lowest BCUT2D eigenvalue weighted by atomic mass is 10.4. The Bertz CT molecular complexity index is 1200. The van der Waals surface area contributed by atoms with Crippen molar-refractivity contribution in [3.8, 4) is 0 Å². The van der Waals surface area contributed by atoms with Gasteiger partial charge in [0.15, 0.2) is 9.84 Å². The number of thiophene rings is 1. The van der Waals surface area contributed by atoms with Crippen LogP contribution in [0.3, 0.4) is 0 Å². The Hall–Kier alpha value is -2.00. The molecule has 1 amide bonds. The van der Waals surface area contributed by atoms with Crippen LogP contribution in [-0.4, -0.2) is 55.0 Å². The van der Waals surface area contributed by atoms with Crippen LogP contribution in [0, 0.1) is 0 Å². The van der Waals surface area contributed by atoms with Crippen LogP contribution < -0.4 is 10.0 Å². The van der Waals surface area contributed by atoms with Gasteiger partial charge in [0.25, 0.3) is 0 Å². The van der Waals surface area contributed by atoms with Crippen molar-refractivity contribution >= 4 is 47.1 Å². The first-order chi connectivity index (χ1) is 13.3. The number of sulfonamides is 1. The number of benzene rings is 1. The fourth-order valence-corrected chi connectivity index (χ4v) is 6.64. The Morgan fingerprint density at radius 1 is 0.966 bits per heavy atom. The van der Waals surface area contributed by atoms with E-state index < -0.39 is 41.5 Å². The van der Waals surface area contributed by atoms with Gasteiger partial charge in [0.2, 0.25) is 19.9 Å². The molecule has 0 aliphatic carbocycles. The molecular weight excluding hydrogens is 464 g/mol. The maximum Gasteiger partial charge on any atom is 0.404 e. The highest BCUT2D eigenvalue weighted by atomic mass is 32.2. The second kappa shape index (κ2) is 8.79. The predicted molar refractivity (Wildman–Crippen MR) is 106 cm³/mol. The second-order valence-corrected chi connectivity index (χ2v) is 13.1. The summed E-state index contributed by atoms with van der Waals surface area (Å²) in [5, 5.41) is 10.7. The third kappa shape index (κ3) is 6.50. The van der Waals surface area contributed by atoms with Crippen molar-refractivity contribution < 1.29 is 35.2 Å². The third-order valence-electron chi connectivity index (χ3n) is 3.54. The minimum Gasteiger partial charge on any atom is -0.465 e. The maximum atomic E-state index is 12.7. The molecular formula is C15H18N2O8S4. The molecule has 1 aromatic heterocycles. The van der Waals surface area contributed by atoms with Crippen LogP contribution >= 0.6 is 11.3 Å². The number of carbonyl (C=O) groups is 1. The van der Waals surface area contributed by atoms with Crippen molar-refractivity contribution in [1.29, 1.82) is 0 Å². The number of amides is 1. The van der Waals surface area contributed by atoms with E-state index in [1.54, 1.807) is 0 Å². The van der Waals surface area contributed by atoms with Gasteiger partial charge in [0, 0.05) is 11.4 Å². The highest BCUT2D eigenvalue weighted by molar-refractivity contribution is 7.93. The first-order valence-electron chi connectivity index (χ1n) is 7.89. The summed E-state index contributed by atoms with van der Waals surface area (Å²) in [6, 6.07) is 7.43. The molecule has 0 bridgehead atoms. The Labute approximate surface area is 172 Å². The highest BCUT2D eigenvalue weighted by Crippen LogP contribution is 2.28. The summed E-state index contributed by atoms with van der Waals surface area (Å²) in [6.07, 6.45) is -0.321. The van der Waals surface area contributed by atoms with Gasteiger partial charge in [-0.3, -0.25) is 0 Å². The van der Waals surface area contributed by atoms with Gasteiger partial charge >= 0.3 is 6.09 Å². The third-order valence-corrected chi connectivity index (χ3v) is 9.35. The van der Waals surface area contributed by atoms with Crippen LogP contribution in [-0.2, 0) is 36.2 Å². The predicted octanol–water partition coefficient (Wildman–Crippen LogP) is 0.671. The summed E-state index contributed by atoms with van der Waals surface area (Å²) in [5.74, 6) is -0.475. The summed E-state index contributed by atoms with van der Waals surface area (Å²) < 4.78 is 73.9. The van der Waals surface area contributed by atoms with E-state index in [4.69, 9.17) is 5.11 Å². The summed E-state index contributed by atoms with van der Waals surface area (Å²) in [6.45, 7) is -0.336. The van der Waals surface area contributed by atoms with Crippen LogP contribution in [0.1, 0.15) is 4.88 Å². The van der Waals surface area contributed by atoms with E-state index in [1.807, 2.05) is 0 Å². The first kappa shape index (κ1) is 23.3. The molecule has 1 heterocycles. The lowest BCUT2D eigenvalue weighted by Gasteiger charge is -2.07. The number of rotatable bonds is 9. The molecule has 29 heavy (non-hydrogen) atoms.